The van der Waals surface area contributed by atoms with E-state index in [1.807, 2.05) is 12.1 Å². The molecular weight excluding hydrogens is 250 g/mol. The van der Waals surface area contributed by atoms with Crippen molar-refractivity contribution in [2.24, 2.45) is 0 Å². The molecule has 2 rings (SSSR count). The van der Waals surface area contributed by atoms with Gasteiger partial charge in [-0.25, -0.2) is 0 Å². The van der Waals surface area contributed by atoms with Gasteiger partial charge in [-0.2, -0.15) is 0 Å². The molecule has 1 aromatic carbocycles. The number of benzene rings is 1. The summed E-state index contributed by atoms with van der Waals surface area (Å²) in [5, 5.41) is 6.31. The Balaban J connectivity index is 1.84. The SMILES string of the molecule is CCCc1ccc(NC(=O)CN2CCNCC2C)cc1. The normalized spacial score (nSPS) is 19.8. The second kappa shape index (κ2) is 7.41. The molecule has 0 saturated carbocycles. The maximum atomic E-state index is 12.1. The Labute approximate surface area is 121 Å². The highest BCUT2D eigenvalue weighted by atomic mass is 16.2. The minimum Gasteiger partial charge on any atom is -0.325 e. The van der Waals surface area contributed by atoms with E-state index in [-0.39, 0.29) is 5.91 Å². The van der Waals surface area contributed by atoms with Crippen molar-refractivity contribution in [3.63, 3.8) is 0 Å². The molecule has 0 radical (unpaired) electrons. The number of carbonyl (C=O) groups is 1. The molecule has 1 aliphatic rings. The van der Waals surface area contributed by atoms with Crippen molar-refractivity contribution in [2.45, 2.75) is 32.7 Å². The first-order valence-electron chi connectivity index (χ1n) is 7.52. The fourth-order valence-corrected chi connectivity index (χ4v) is 2.55. The zero-order valence-electron chi connectivity index (χ0n) is 12.5. The third-order valence-corrected chi connectivity index (χ3v) is 3.76. The molecule has 20 heavy (non-hydrogen) atoms. The summed E-state index contributed by atoms with van der Waals surface area (Å²) in [6.45, 7) is 7.65. The molecule has 1 saturated heterocycles. The number of piperazine rings is 1. The molecule has 0 spiro atoms. The zero-order valence-corrected chi connectivity index (χ0v) is 12.5. The Kier molecular flexibility index (Phi) is 5.56. The summed E-state index contributed by atoms with van der Waals surface area (Å²) in [6, 6.07) is 8.58. The Morgan fingerprint density at radius 2 is 2.15 bits per heavy atom. The molecule has 0 aromatic heterocycles. The van der Waals surface area contributed by atoms with Crippen LogP contribution in [0, 0.1) is 0 Å². The fourth-order valence-electron chi connectivity index (χ4n) is 2.55. The molecule has 1 aliphatic heterocycles. The van der Waals surface area contributed by atoms with Crippen LogP contribution in [0.25, 0.3) is 0 Å². The van der Waals surface area contributed by atoms with Gasteiger partial charge in [0.15, 0.2) is 0 Å². The lowest BCUT2D eigenvalue weighted by Gasteiger charge is -2.33. The number of aryl methyl sites for hydroxylation is 1. The van der Waals surface area contributed by atoms with Crippen molar-refractivity contribution in [3.05, 3.63) is 29.8 Å². The number of hydrogen-bond acceptors (Lipinski definition) is 3. The van der Waals surface area contributed by atoms with Gasteiger partial charge in [-0.3, -0.25) is 9.69 Å². The van der Waals surface area contributed by atoms with Crippen molar-refractivity contribution in [2.75, 3.05) is 31.5 Å². The van der Waals surface area contributed by atoms with Crippen LogP contribution in [-0.2, 0) is 11.2 Å². The Morgan fingerprint density at radius 3 is 2.80 bits per heavy atom. The third-order valence-electron chi connectivity index (χ3n) is 3.76. The number of hydrogen-bond donors (Lipinski definition) is 2. The summed E-state index contributed by atoms with van der Waals surface area (Å²) in [5.74, 6) is 0.0713. The van der Waals surface area contributed by atoms with Crippen LogP contribution in [0.5, 0.6) is 0 Å². The molecule has 1 atom stereocenters. The van der Waals surface area contributed by atoms with Crippen LogP contribution in [0.3, 0.4) is 0 Å². The first kappa shape index (κ1) is 15.0. The van der Waals surface area contributed by atoms with E-state index >= 15 is 0 Å². The molecule has 0 bridgehead atoms. The smallest absolute Gasteiger partial charge is 0.238 e. The summed E-state index contributed by atoms with van der Waals surface area (Å²) in [7, 11) is 0. The van der Waals surface area contributed by atoms with Crippen molar-refractivity contribution >= 4 is 11.6 Å². The Bertz CT molecular complexity index is 430. The summed E-state index contributed by atoms with van der Waals surface area (Å²) in [6.07, 6.45) is 2.24. The van der Waals surface area contributed by atoms with Crippen LogP contribution in [0.2, 0.25) is 0 Å². The van der Waals surface area contributed by atoms with E-state index in [1.165, 1.54) is 5.56 Å². The topological polar surface area (TPSA) is 44.4 Å². The van der Waals surface area contributed by atoms with Gasteiger partial charge in [0.2, 0.25) is 5.91 Å². The van der Waals surface area contributed by atoms with Gasteiger partial charge < -0.3 is 10.6 Å². The molecule has 1 aromatic rings. The van der Waals surface area contributed by atoms with Crippen LogP contribution in [-0.4, -0.2) is 43.0 Å². The van der Waals surface area contributed by atoms with Crippen LogP contribution < -0.4 is 10.6 Å². The summed E-state index contributed by atoms with van der Waals surface area (Å²) < 4.78 is 0. The van der Waals surface area contributed by atoms with Crippen molar-refractivity contribution < 1.29 is 4.79 Å². The number of carbonyl (C=O) groups excluding carboxylic acids is 1. The van der Waals surface area contributed by atoms with Crippen LogP contribution in [0.4, 0.5) is 5.69 Å². The van der Waals surface area contributed by atoms with Crippen LogP contribution in [0.1, 0.15) is 25.8 Å². The Morgan fingerprint density at radius 1 is 1.40 bits per heavy atom. The number of rotatable bonds is 5. The van der Waals surface area contributed by atoms with E-state index in [1.54, 1.807) is 0 Å². The molecule has 2 N–H and O–H groups in total. The largest absolute Gasteiger partial charge is 0.325 e. The minimum absolute atomic E-state index is 0.0713. The minimum atomic E-state index is 0.0713. The average Bonchev–Trinajstić information content (AvgIpc) is 2.44. The summed E-state index contributed by atoms with van der Waals surface area (Å²) >= 11 is 0. The van der Waals surface area contributed by atoms with E-state index in [0.29, 0.717) is 12.6 Å². The molecule has 1 heterocycles. The molecule has 1 unspecified atom stereocenters. The van der Waals surface area contributed by atoms with Crippen molar-refractivity contribution in [3.8, 4) is 0 Å². The number of nitrogens with one attached hydrogen (secondary N) is 2. The van der Waals surface area contributed by atoms with Gasteiger partial charge >= 0.3 is 0 Å². The second-order valence-corrected chi connectivity index (χ2v) is 5.52. The first-order chi connectivity index (χ1) is 9.69. The third kappa shape index (κ3) is 4.32. The molecule has 4 nitrogen and oxygen atoms in total. The average molecular weight is 275 g/mol. The predicted molar refractivity (Wildman–Crippen MR) is 83.0 cm³/mol. The van der Waals surface area contributed by atoms with E-state index in [4.69, 9.17) is 0 Å². The zero-order chi connectivity index (χ0) is 14.4. The lowest BCUT2D eigenvalue weighted by Crippen LogP contribution is -2.51. The van der Waals surface area contributed by atoms with Crippen molar-refractivity contribution in [1.82, 2.24) is 10.2 Å². The van der Waals surface area contributed by atoms with Gasteiger partial charge in [-0.1, -0.05) is 25.5 Å². The number of nitrogens with zero attached hydrogens (tertiary/aromatic N) is 1. The monoisotopic (exact) mass is 275 g/mol. The summed E-state index contributed by atoms with van der Waals surface area (Å²) in [4.78, 5) is 14.3. The molecule has 4 heteroatoms. The van der Waals surface area contributed by atoms with Crippen molar-refractivity contribution in [1.29, 1.82) is 0 Å². The van der Waals surface area contributed by atoms with E-state index < -0.39 is 0 Å². The van der Waals surface area contributed by atoms with Gasteiger partial charge in [0, 0.05) is 31.4 Å². The molecule has 0 aliphatic carbocycles. The lowest BCUT2D eigenvalue weighted by molar-refractivity contribution is -0.118. The highest BCUT2D eigenvalue weighted by molar-refractivity contribution is 5.92. The van der Waals surface area contributed by atoms with Crippen LogP contribution >= 0.6 is 0 Å². The van der Waals surface area contributed by atoms with Gasteiger partial charge in [-0.15, -0.1) is 0 Å². The molecule has 110 valence electrons. The maximum Gasteiger partial charge on any atom is 0.238 e. The highest BCUT2D eigenvalue weighted by Crippen LogP contribution is 2.11. The highest BCUT2D eigenvalue weighted by Gasteiger charge is 2.20. The Hall–Kier alpha value is -1.39. The van der Waals surface area contributed by atoms with Gasteiger partial charge in [-0.05, 0) is 31.0 Å². The quantitative estimate of drug-likeness (QED) is 0.862. The molecular formula is C16H25N3O. The maximum absolute atomic E-state index is 12.1. The van der Waals surface area contributed by atoms with E-state index in [0.717, 1.165) is 38.2 Å². The number of anilines is 1. The molecule has 1 amide bonds. The second-order valence-electron chi connectivity index (χ2n) is 5.52. The first-order valence-corrected chi connectivity index (χ1v) is 7.52. The molecule has 1 fully saturated rings. The summed E-state index contributed by atoms with van der Waals surface area (Å²) in [5.41, 5.74) is 2.21. The van der Waals surface area contributed by atoms with Gasteiger partial charge in [0.25, 0.3) is 0 Å². The van der Waals surface area contributed by atoms with E-state index in [9.17, 15) is 4.79 Å². The lowest BCUT2D eigenvalue weighted by atomic mass is 10.1. The predicted octanol–water partition coefficient (Wildman–Crippen LogP) is 1.87. The van der Waals surface area contributed by atoms with Gasteiger partial charge in [0.05, 0.1) is 6.54 Å². The number of amides is 1. The fraction of sp³-hybridized carbons (Fsp3) is 0.562. The van der Waals surface area contributed by atoms with Crippen LogP contribution in [0.15, 0.2) is 24.3 Å². The standard InChI is InChI=1S/C16H25N3O/c1-3-4-14-5-7-15(8-6-14)18-16(20)12-19-10-9-17-11-13(19)2/h5-8,13,17H,3-4,9-12H2,1-2H3,(H,18,20). The van der Waals surface area contributed by atoms with E-state index in [2.05, 4.69) is 41.5 Å². The van der Waals surface area contributed by atoms with Gasteiger partial charge in [0.1, 0.15) is 0 Å².